The maximum atomic E-state index is 12.9. The summed E-state index contributed by atoms with van der Waals surface area (Å²) in [4.78, 5) is 14.4. The number of nitrogens with zero attached hydrogens (tertiary/aromatic N) is 1. The van der Waals surface area contributed by atoms with Crippen LogP contribution >= 0.6 is 0 Å². The zero-order valence-corrected chi connectivity index (χ0v) is 14.6. The molecule has 1 saturated carbocycles. The first-order chi connectivity index (χ1) is 12.0. The first-order valence-corrected chi connectivity index (χ1v) is 9.30. The Morgan fingerprint density at radius 1 is 1.16 bits per heavy atom. The molecule has 2 aliphatic rings. The fourth-order valence-corrected chi connectivity index (χ4v) is 3.91. The van der Waals surface area contributed by atoms with E-state index in [1.54, 1.807) is 12.1 Å². The van der Waals surface area contributed by atoms with Gasteiger partial charge in [0.2, 0.25) is 0 Å². The minimum absolute atomic E-state index is 0.137. The summed E-state index contributed by atoms with van der Waals surface area (Å²) in [6.07, 6.45) is 7.06. The van der Waals surface area contributed by atoms with Crippen molar-refractivity contribution in [2.45, 2.75) is 56.6 Å². The standard InChI is InChI=1S/C19H28FN3O2/c20-15-4-6-16(7-5-15)21-18(24)22-17-8-12-23(13-9-17)14-19(25)10-2-1-3-11-19/h4-7,17,25H,1-3,8-14H2,(H2,21,22,24). The second-order valence-electron chi connectivity index (χ2n) is 7.44. The van der Waals surface area contributed by atoms with E-state index in [1.807, 2.05) is 0 Å². The summed E-state index contributed by atoms with van der Waals surface area (Å²) in [5.74, 6) is -0.321. The molecular weight excluding hydrogens is 321 g/mol. The van der Waals surface area contributed by atoms with E-state index in [0.29, 0.717) is 5.69 Å². The van der Waals surface area contributed by atoms with Gasteiger partial charge in [0, 0.05) is 31.4 Å². The predicted molar refractivity (Wildman–Crippen MR) is 96.1 cm³/mol. The molecule has 3 N–H and O–H groups in total. The molecule has 1 aliphatic carbocycles. The third kappa shape index (κ3) is 5.41. The van der Waals surface area contributed by atoms with Gasteiger partial charge in [-0.3, -0.25) is 0 Å². The smallest absolute Gasteiger partial charge is 0.319 e. The maximum absolute atomic E-state index is 12.9. The highest BCUT2D eigenvalue weighted by Crippen LogP contribution is 2.29. The van der Waals surface area contributed by atoms with Gasteiger partial charge in [0.1, 0.15) is 5.82 Å². The number of anilines is 1. The summed E-state index contributed by atoms with van der Waals surface area (Å²) in [5, 5.41) is 16.4. The van der Waals surface area contributed by atoms with Crippen LogP contribution in [0.2, 0.25) is 0 Å². The van der Waals surface area contributed by atoms with E-state index in [4.69, 9.17) is 0 Å². The average molecular weight is 349 g/mol. The number of likely N-dealkylation sites (tertiary alicyclic amines) is 1. The van der Waals surface area contributed by atoms with E-state index < -0.39 is 5.60 Å². The SMILES string of the molecule is O=C(Nc1ccc(F)cc1)NC1CCN(CC2(O)CCCCC2)CC1. The van der Waals surface area contributed by atoms with Crippen molar-refractivity contribution in [2.24, 2.45) is 0 Å². The van der Waals surface area contributed by atoms with Crippen LogP contribution in [0.15, 0.2) is 24.3 Å². The number of benzene rings is 1. The fourth-order valence-electron chi connectivity index (χ4n) is 3.91. The molecule has 0 bridgehead atoms. The lowest BCUT2D eigenvalue weighted by Gasteiger charge is -2.40. The Kier molecular flexibility index (Phi) is 5.91. The van der Waals surface area contributed by atoms with Crippen LogP contribution in [0, 0.1) is 5.82 Å². The minimum Gasteiger partial charge on any atom is -0.389 e. The van der Waals surface area contributed by atoms with Crippen molar-refractivity contribution >= 4 is 11.7 Å². The van der Waals surface area contributed by atoms with E-state index in [1.165, 1.54) is 18.6 Å². The number of rotatable bonds is 4. The molecule has 0 atom stereocenters. The highest BCUT2D eigenvalue weighted by atomic mass is 19.1. The average Bonchev–Trinajstić information content (AvgIpc) is 2.59. The summed E-state index contributed by atoms with van der Waals surface area (Å²) in [7, 11) is 0. The van der Waals surface area contributed by atoms with Crippen molar-refractivity contribution in [3.05, 3.63) is 30.1 Å². The van der Waals surface area contributed by atoms with Crippen molar-refractivity contribution in [3.63, 3.8) is 0 Å². The number of halogens is 1. The van der Waals surface area contributed by atoms with Gasteiger partial charge < -0.3 is 20.6 Å². The molecule has 2 fully saturated rings. The van der Waals surface area contributed by atoms with E-state index >= 15 is 0 Å². The van der Waals surface area contributed by atoms with Gasteiger partial charge in [-0.1, -0.05) is 19.3 Å². The summed E-state index contributed by atoms with van der Waals surface area (Å²) in [6.45, 7) is 2.54. The lowest BCUT2D eigenvalue weighted by atomic mass is 9.84. The van der Waals surface area contributed by atoms with Crippen molar-refractivity contribution in [3.8, 4) is 0 Å². The van der Waals surface area contributed by atoms with Gasteiger partial charge in [-0.25, -0.2) is 9.18 Å². The number of carbonyl (C=O) groups excluding carboxylic acids is 1. The van der Waals surface area contributed by atoms with Gasteiger partial charge in [0.25, 0.3) is 0 Å². The van der Waals surface area contributed by atoms with Crippen molar-refractivity contribution in [2.75, 3.05) is 25.0 Å². The van der Waals surface area contributed by atoms with Crippen molar-refractivity contribution in [1.82, 2.24) is 10.2 Å². The number of hydrogen-bond donors (Lipinski definition) is 3. The van der Waals surface area contributed by atoms with E-state index in [-0.39, 0.29) is 17.9 Å². The number of urea groups is 1. The Hall–Kier alpha value is -1.66. The first kappa shape index (κ1) is 18.1. The molecule has 1 aromatic carbocycles. The van der Waals surface area contributed by atoms with Crippen LogP contribution in [-0.4, -0.2) is 47.3 Å². The van der Waals surface area contributed by atoms with Crippen LogP contribution < -0.4 is 10.6 Å². The van der Waals surface area contributed by atoms with Gasteiger partial charge >= 0.3 is 6.03 Å². The van der Waals surface area contributed by atoms with Gasteiger partial charge in [-0.2, -0.15) is 0 Å². The molecular formula is C19H28FN3O2. The number of piperidine rings is 1. The van der Waals surface area contributed by atoms with Crippen LogP contribution in [0.25, 0.3) is 0 Å². The number of hydrogen-bond acceptors (Lipinski definition) is 3. The third-order valence-corrected chi connectivity index (χ3v) is 5.33. The summed E-state index contributed by atoms with van der Waals surface area (Å²) >= 11 is 0. The highest BCUT2D eigenvalue weighted by Gasteiger charge is 2.32. The molecule has 1 aromatic rings. The Bertz CT molecular complexity index is 565. The van der Waals surface area contributed by atoms with Crippen LogP contribution in [0.1, 0.15) is 44.9 Å². The Morgan fingerprint density at radius 2 is 1.80 bits per heavy atom. The molecule has 6 heteroatoms. The second kappa shape index (κ2) is 8.15. The Labute approximate surface area is 148 Å². The van der Waals surface area contributed by atoms with Crippen molar-refractivity contribution in [1.29, 1.82) is 0 Å². The molecule has 138 valence electrons. The van der Waals surface area contributed by atoms with Gasteiger partial charge in [-0.15, -0.1) is 0 Å². The number of nitrogens with one attached hydrogen (secondary N) is 2. The third-order valence-electron chi connectivity index (χ3n) is 5.33. The highest BCUT2D eigenvalue weighted by molar-refractivity contribution is 5.89. The normalized spacial score (nSPS) is 21.7. The van der Waals surface area contributed by atoms with Crippen LogP contribution in [0.4, 0.5) is 14.9 Å². The molecule has 0 radical (unpaired) electrons. The first-order valence-electron chi connectivity index (χ1n) is 9.30. The molecule has 25 heavy (non-hydrogen) atoms. The van der Waals surface area contributed by atoms with Crippen molar-refractivity contribution < 1.29 is 14.3 Å². The summed E-state index contributed by atoms with van der Waals surface area (Å²) < 4.78 is 12.9. The topological polar surface area (TPSA) is 64.6 Å². The molecule has 0 unspecified atom stereocenters. The van der Waals surface area contributed by atoms with Crippen LogP contribution in [0.3, 0.4) is 0 Å². The second-order valence-corrected chi connectivity index (χ2v) is 7.44. The maximum Gasteiger partial charge on any atom is 0.319 e. The van der Waals surface area contributed by atoms with Crippen LogP contribution in [0.5, 0.6) is 0 Å². The van der Waals surface area contributed by atoms with Gasteiger partial charge in [0.05, 0.1) is 5.60 Å². The molecule has 2 amide bonds. The number of amides is 2. The zero-order chi connectivity index (χ0) is 17.7. The summed E-state index contributed by atoms with van der Waals surface area (Å²) in [5.41, 5.74) is 0.0641. The molecule has 3 rings (SSSR count). The number of β-amino-alcohol motifs (C(OH)–C–C–N with tert-alkyl or cyclic N) is 1. The lowest BCUT2D eigenvalue weighted by molar-refractivity contribution is -0.0310. The molecule has 5 nitrogen and oxygen atoms in total. The fraction of sp³-hybridized carbons (Fsp3) is 0.632. The van der Waals surface area contributed by atoms with E-state index in [0.717, 1.165) is 58.2 Å². The molecule has 1 saturated heterocycles. The van der Waals surface area contributed by atoms with Gasteiger partial charge in [-0.05, 0) is 49.9 Å². The van der Waals surface area contributed by atoms with E-state index in [2.05, 4.69) is 15.5 Å². The Morgan fingerprint density at radius 3 is 2.44 bits per heavy atom. The Balaban J connectivity index is 1.40. The van der Waals surface area contributed by atoms with E-state index in [9.17, 15) is 14.3 Å². The lowest BCUT2D eigenvalue weighted by Crippen LogP contribution is -2.50. The van der Waals surface area contributed by atoms with Crippen LogP contribution in [-0.2, 0) is 0 Å². The number of aliphatic hydroxyl groups is 1. The molecule has 0 aromatic heterocycles. The number of carbonyl (C=O) groups is 1. The van der Waals surface area contributed by atoms with Gasteiger partial charge in [0.15, 0.2) is 0 Å². The molecule has 0 spiro atoms. The molecule has 1 aliphatic heterocycles. The summed E-state index contributed by atoms with van der Waals surface area (Å²) in [6, 6.07) is 5.62. The predicted octanol–water partition coefficient (Wildman–Crippen LogP) is 3.11. The molecule has 1 heterocycles. The monoisotopic (exact) mass is 349 g/mol. The zero-order valence-electron chi connectivity index (χ0n) is 14.6. The quantitative estimate of drug-likeness (QED) is 0.783. The minimum atomic E-state index is -0.515. The largest absolute Gasteiger partial charge is 0.389 e.